The highest BCUT2D eigenvalue weighted by Crippen LogP contribution is 2.31. The van der Waals surface area contributed by atoms with Crippen molar-refractivity contribution in [2.75, 3.05) is 19.7 Å². The molecule has 0 bridgehead atoms. The molecule has 2 aromatic carbocycles. The topological polar surface area (TPSA) is 47.4 Å². The first-order chi connectivity index (χ1) is 12.6. The minimum absolute atomic E-state index is 0.0284. The smallest absolute Gasteiger partial charge is 0.260 e. The quantitative estimate of drug-likeness (QED) is 0.707. The van der Waals surface area contributed by atoms with E-state index < -0.39 is 0 Å². The molecule has 0 spiro atoms. The minimum atomic E-state index is 0.0284. The lowest BCUT2D eigenvalue weighted by molar-refractivity contribution is -0.139. The molecule has 0 radical (unpaired) electrons. The first kappa shape index (κ1) is 16.6. The average molecular weight is 349 g/mol. The van der Waals surface area contributed by atoms with Crippen LogP contribution in [0.25, 0.3) is 11.0 Å². The molecule has 0 unspecified atom stereocenters. The number of carbonyl (C=O) groups excluding carboxylic acids is 1. The Balaban J connectivity index is 1.44. The highest BCUT2D eigenvalue weighted by molar-refractivity contribution is 5.79. The lowest BCUT2D eigenvalue weighted by Gasteiger charge is -2.41. The number of benzene rings is 2. The molecule has 1 aliphatic heterocycles. The van der Waals surface area contributed by atoms with Crippen LogP contribution in [0.15, 0.2) is 54.6 Å². The summed E-state index contributed by atoms with van der Waals surface area (Å²) in [6, 6.07) is 17.9. The summed E-state index contributed by atoms with van der Waals surface area (Å²) in [6.07, 6.45) is 0. The Morgan fingerprint density at radius 3 is 2.54 bits per heavy atom. The van der Waals surface area contributed by atoms with Gasteiger partial charge in [0.2, 0.25) is 0 Å². The molecular formula is C21H23N3O2. The van der Waals surface area contributed by atoms with Crippen molar-refractivity contribution in [3.05, 3.63) is 60.4 Å². The molecule has 0 aliphatic carbocycles. The summed E-state index contributed by atoms with van der Waals surface area (Å²) in [5.74, 6) is 2.18. The van der Waals surface area contributed by atoms with E-state index in [2.05, 4.69) is 24.5 Å². The number of hydrogen-bond acceptors (Lipinski definition) is 3. The van der Waals surface area contributed by atoms with Crippen LogP contribution < -0.4 is 4.74 Å². The second-order valence-corrected chi connectivity index (χ2v) is 7.04. The summed E-state index contributed by atoms with van der Waals surface area (Å²) < 4.78 is 7.88. The zero-order chi connectivity index (χ0) is 18.1. The van der Waals surface area contributed by atoms with E-state index in [9.17, 15) is 4.79 Å². The number of imidazole rings is 1. The zero-order valence-corrected chi connectivity index (χ0v) is 15.1. The fourth-order valence-electron chi connectivity index (χ4n) is 3.43. The molecule has 4 rings (SSSR count). The molecule has 5 heteroatoms. The van der Waals surface area contributed by atoms with Crippen molar-refractivity contribution in [2.45, 2.75) is 25.8 Å². The van der Waals surface area contributed by atoms with Gasteiger partial charge in [-0.1, -0.05) is 44.2 Å². The summed E-state index contributed by atoms with van der Waals surface area (Å²) in [5.41, 5.74) is 2.17. The van der Waals surface area contributed by atoms with Crippen molar-refractivity contribution in [3.63, 3.8) is 0 Å². The van der Waals surface area contributed by atoms with Gasteiger partial charge < -0.3 is 14.2 Å². The second-order valence-electron chi connectivity index (χ2n) is 7.04. The van der Waals surface area contributed by atoms with Crippen LogP contribution in [-0.4, -0.2) is 40.1 Å². The molecule has 134 valence electrons. The van der Waals surface area contributed by atoms with E-state index in [0.29, 0.717) is 19.0 Å². The lowest BCUT2D eigenvalue weighted by atomic mass is 10.1. The third-order valence-electron chi connectivity index (χ3n) is 4.83. The third kappa shape index (κ3) is 3.05. The van der Waals surface area contributed by atoms with Gasteiger partial charge in [-0.15, -0.1) is 0 Å². The number of nitrogens with zero attached hydrogens (tertiary/aromatic N) is 3. The van der Waals surface area contributed by atoms with Gasteiger partial charge >= 0.3 is 0 Å². The molecule has 0 atom stereocenters. The van der Waals surface area contributed by atoms with Crippen molar-refractivity contribution in [3.8, 4) is 5.75 Å². The van der Waals surface area contributed by atoms with Crippen molar-refractivity contribution in [1.29, 1.82) is 0 Å². The SMILES string of the molecule is CC(C)c1nc2ccccc2n1C1CN(C(=O)COc2ccccc2)C1. The van der Waals surface area contributed by atoms with Crippen LogP contribution in [-0.2, 0) is 4.79 Å². The summed E-state index contributed by atoms with van der Waals surface area (Å²) in [4.78, 5) is 19.0. The number of rotatable bonds is 5. The zero-order valence-electron chi connectivity index (χ0n) is 15.1. The average Bonchev–Trinajstić information content (AvgIpc) is 2.99. The number of amides is 1. The second kappa shape index (κ2) is 6.83. The number of para-hydroxylation sites is 3. The predicted octanol–water partition coefficient (Wildman–Crippen LogP) is 3.62. The van der Waals surface area contributed by atoms with E-state index >= 15 is 0 Å². The van der Waals surface area contributed by atoms with Crippen LogP contribution >= 0.6 is 0 Å². The summed E-state index contributed by atoms with van der Waals surface area (Å²) in [7, 11) is 0. The van der Waals surface area contributed by atoms with E-state index in [-0.39, 0.29) is 18.6 Å². The molecule has 1 saturated heterocycles. The van der Waals surface area contributed by atoms with Crippen LogP contribution in [0.5, 0.6) is 5.75 Å². The highest BCUT2D eigenvalue weighted by Gasteiger charge is 2.34. The van der Waals surface area contributed by atoms with Gasteiger partial charge in [0, 0.05) is 19.0 Å². The van der Waals surface area contributed by atoms with Gasteiger partial charge in [-0.3, -0.25) is 4.79 Å². The van der Waals surface area contributed by atoms with Crippen molar-refractivity contribution in [1.82, 2.24) is 14.5 Å². The molecule has 1 aliphatic rings. The Morgan fingerprint density at radius 1 is 1.12 bits per heavy atom. The predicted molar refractivity (Wildman–Crippen MR) is 101 cm³/mol. The van der Waals surface area contributed by atoms with Crippen LogP contribution in [0.4, 0.5) is 0 Å². The first-order valence-electron chi connectivity index (χ1n) is 9.06. The van der Waals surface area contributed by atoms with Crippen molar-refractivity contribution >= 4 is 16.9 Å². The lowest BCUT2D eigenvalue weighted by Crippen LogP contribution is -2.52. The maximum atomic E-state index is 12.4. The monoisotopic (exact) mass is 349 g/mol. The molecule has 0 saturated carbocycles. The molecule has 5 nitrogen and oxygen atoms in total. The molecule has 1 fully saturated rings. The Labute approximate surface area is 153 Å². The number of carbonyl (C=O) groups is 1. The van der Waals surface area contributed by atoms with Crippen molar-refractivity contribution in [2.24, 2.45) is 0 Å². The molecule has 26 heavy (non-hydrogen) atoms. The Bertz CT molecular complexity index is 911. The maximum Gasteiger partial charge on any atom is 0.260 e. The largest absolute Gasteiger partial charge is 0.484 e. The van der Waals surface area contributed by atoms with Gasteiger partial charge in [-0.05, 0) is 24.3 Å². The molecule has 1 aromatic heterocycles. The van der Waals surface area contributed by atoms with Gasteiger partial charge in [-0.25, -0.2) is 4.98 Å². The van der Waals surface area contributed by atoms with Crippen LogP contribution in [0, 0.1) is 0 Å². The first-order valence-corrected chi connectivity index (χ1v) is 9.06. The van der Waals surface area contributed by atoms with Gasteiger partial charge in [0.15, 0.2) is 6.61 Å². The Kier molecular flexibility index (Phi) is 4.37. The van der Waals surface area contributed by atoms with E-state index in [0.717, 1.165) is 22.6 Å². The highest BCUT2D eigenvalue weighted by atomic mass is 16.5. The Morgan fingerprint density at radius 2 is 1.81 bits per heavy atom. The van der Waals surface area contributed by atoms with Gasteiger partial charge in [0.05, 0.1) is 17.1 Å². The summed E-state index contributed by atoms with van der Waals surface area (Å²) in [6.45, 7) is 5.81. The molecular weight excluding hydrogens is 326 g/mol. The van der Waals surface area contributed by atoms with Gasteiger partial charge in [-0.2, -0.15) is 0 Å². The number of hydrogen-bond donors (Lipinski definition) is 0. The number of likely N-dealkylation sites (tertiary alicyclic amines) is 1. The summed E-state index contributed by atoms with van der Waals surface area (Å²) >= 11 is 0. The minimum Gasteiger partial charge on any atom is -0.484 e. The molecule has 1 amide bonds. The third-order valence-corrected chi connectivity index (χ3v) is 4.83. The summed E-state index contributed by atoms with van der Waals surface area (Å²) in [5, 5.41) is 0. The standard InChI is InChI=1S/C21H23N3O2/c1-15(2)21-22-18-10-6-7-11-19(18)24(21)16-12-23(13-16)20(25)14-26-17-8-4-3-5-9-17/h3-11,15-16H,12-14H2,1-2H3. The van der Waals surface area contributed by atoms with Crippen molar-refractivity contribution < 1.29 is 9.53 Å². The van der Waals surface area contributed by atoms with Crippen LogP contribution in [0.1, 0.15) is 31.6 Å². The molecule has 2 heterocycles. The van der Waals surface area contributed by atoms with E-state index in [1.165, 1.54) is 0 Å². The van der Waals surface area contributed by atoms with E-state index in [4.69, 9.17) is 9.72 Å². The maximum absolute atomic E-state index is 12.4. The fraction of sp³-hybridized carbons (Fsp3) is 0.333. The number of aromatic nitrogens is 2. The molecule has 3 aromatic rings. The van der Waals surface area contributed by atoms with E-state index in [1.807, 2.05) is 53.4 Å². The van der Waals surface area contributed by atoms with E-state index in [1.54, 1.807) is 0 Å². The normalized spacial score (nSPS) is 14.7. The Hall–Kier alpha value is -2.82. The van der Waals surface area contributed by atoms with Crippen LogP contribution in [0.3, 0.4) is 0 Å². The number of fused-ring (bicyclic) bond motifs is 1. The fourth-order valence-corrected chi connectivity index (χ4v) is 3.43. The number of ether oxygens (including phenoxy) is 1. The molecule has 0 N–H and O–H groups in total. The van der Waals surface area contributed by atoms with Crippen LogP contribution in [0.2, 0.25) is 0 Å². The van der Waals surface area contributed by atoms with Gasteiger partial charge in [0.1, 0.15) is 11.6 Å². The van der Waals surface area contributed by atoms with Gasteiger partial charge in [0.25, 0.3) is 5.91 Å².